The molecule has 0 aliphatic heterocycles. The number of ketones is 1. The Morgan fingerprint density at radius 2 is 2.00 bits per heavy atom. The Morgan fingerprint density at radius 3 is 2.73 bits per heavy atom. The summed E-state index contributed by atoms with van der Waals surface area (Å²) in [5.41, 5.74) is 3.42. The summed E-state index contributed by atoms with van der Waals surface area (Å²) in [5.74, 6) is 0.245. The summed E-state index contributed by atoms with van der Waals surface area (Å²) < 4.78 is 0. The summed E-state index contributed by atoms with van der Waals surface area (Å²) in [6.45, 7) is 3.79. The molecule has 0 atom stereocenters. The lowest BCUT2D eigenvalue weighted by Gasteiger charge is -2.14. The van der Waals surface area contributed by atoms with Crippen LogP contribution in [0.4, 0.5) is 0 Å². The minimum absolute atomic E-state index is 0.245. The Labute approximate surface area is 90.1 Å². The van der Waals surface area contributed by atoms with Crippen LogP contribution in [0.5, 0.6) is 0 Å². The molecule has 0 radical (unpaired) electrons. The van der Waals surface area contributed by atoms with Gasteiger partial charge in [-0.2, -0.15) is 0 Å². The molecule has 1 heteroatoms. The van der Waals surface area contributed by atoms with Crippen LogP contribution >= 0.6 is 0 Å². The van der Waals surface area contributed by atoms with Crippen LogP contribution in [0.3, 0.4) is 0 Å². The van der Waals surface area contributed by atoms with Gasteiger partial charge in [-0.3, -0.25) is 4.79 Å². The summed E-state index contributed by atoms with van der Waals surface area (Å²) in [6.07, 6.45) is 6.29. The highest BCUT2D eigenvalue weighted by atomic mass is 16.1. The maximum atomic E-state index is 11.3. The lowest BCUT2D eigenvalue weighted by molar-refractivity contribution is -0.114. The molecular formula is C14H14O. The first kappa shape index (κ1) is 9.91. The van der Waals surface area contributed by atoms with Crippen molar-refractivity contribution in [2.75, 3.05) is 0 Å². The van der Waals surface area contributed by atoms with Gasteiger partial charge in [0.15, 0.2) is 5.78 Å². The number of carbonyl (C=O) groups excluding carboxylic acids is 1. The fourth-order valence-electron chi connectivity index (χ4n) is 1.97. The van der Waals surface area contributed by atoms with Crippen LogP contribution < -0.4 is 0 Å². The Morgan fingerprint density at radius 1 is 1.20 bits per heavy atom. The maximum absolute atomic E-state index is 11.3. The number of allylic oxidation sites excluding steroid dienone is 2. The third-order valence-corrected chi connectivity index (χ3v) is 2.73. The number of benzene rings is 1. The summed E-state index contributed by atoms with van der Waals surface area (Å²) in [4.78, 5) is 11.3. The van der Waals surface area contributed by atoms with Crippen molar-refractivity contribution in [1.29, 1.82) is 0 Å². The molecule has 0 saturated heterocycles. The van der Waals surface area contributed by atoms with Gasteiger partial charge >= 0.3 is 0 Å². The van der Waals surface area contributed by atoms with Gasteiger partial charge in [0.2, 0.25) is 0 Å². The van der Waals surface area contributed by atoms with Crippen LogP contribution in [0.2, 0.25) is 0 Å². The Bertz CT molecular complexity index is 427. The van der Waals surface area contributed by atoms with Crippen molar-refractivity contribution in [2.45, 2.75) is 19.3 Å². The van der Waals surface area contributed by atoms with Gasteiger partial charge in [0.05, 0.1) is 0 Å². The molecule has 0 aromatic heterocycles. The lowest BCUT2D eigenvalue weighted by Crippen LogP contribution is -2.02. The van der Waals surface area contributed by atoms with E-state index in [0.29, 0.717) is 6.42 Å². The molecule has 1 aromatic rings. The van der Waals surface area contributed by atoms with E-state index in [-0.39, 0.29) is 5.78 Å². The average molecular weight is 198 g/mol. The number of carbonyl (C=O) groups is 1. The smallest absolute Gasteiger partial charge is 0.155 e. The van der Waals surface area contributed by atoms with Gasteiger partial charge in [-0.1, -0.05) is 36.9 Å². The van der Waals surface area contributed by atoms with Gasteiger partial charge in [0, 0.05) is 6.42 Å². The fraction of sp³-hybridized carbons (Fsp3) is 0.214. The predicted molar refractivity (Wildman–Crippen MR) is 63.4 cm³/mol. The zero-order chi connectivity index (χ0) is 10.7. The molecule has 0 heterocycles. The molecule has 1 nitrogen and oxygen atoms in total. The van der Waals surface area contributed by atoms with E-state index in [4.69, 9.17) is 0 Å². The van der Waals surface area contributed by atoms with E-state index in [1.807, 2.05) is 24.3 Å². The zero-order valence-corrected chi connectivity index (χ0v) is 8.70. The minimum atomic E-state index is 0.245. The van der Waals surface area contributed by atoms with Crippen molar-refractivity contribution in [2.24, 2.45) is 0 Å². The van der Waals surface area contributed by atoms with E-state index in [9.17, 15) is 4.79 Å². The standard InChI is InChI=1S/C14H14O/c1-2-11-6-3-4-9-14(11)12-7-5-8-13(15)10-12/h2-4,6,9-10H,1,5,7-8H2. The molecule has 0 fully saturated rings. The van der Waals surface area contributed by atoms with Crippen molar-refractivity contribution in [3.05, 3.63) is 48.0 Å². The van der Waals surface area contributed by atoms with Crippen molar-refractivity contribution in [3.8, 4) is 0 Å². The molecule has 0 bridgehead atoms. The molecule has 0 amide bonds. The minimum Gasteiger partial charge on any atom is -0.295 e. The topological polar surface area (TPSA) is 17.1 Å². The second kappa shape index (κ2) is 4.26. The predicted octanol–water partition coefficient (Wildman–Crippen LogP) is 3.47. The highest BCUT2D eigenvalue weighted by Gasteiger charge is 2.12. The van der Waals surface area contributed by atoms with Crippen LogP contribution in [0.15, 0.2) is 36.9 Å². The van der Waals surface area contributed by atoms with Gasteiger partial charge in [-0.15, -0.1) is 0 Å². The molecule has 0 N–H and O–H groups in total. The van der Waals surface area contributed by atoms with Gasteiger partial charge in [-0.25, -0.2) is 0 Å². The van der Waals surface area contributed by atoms with Crippen LogP contribution in [-0.4, -0.2) is 5.78 Å². The molecule has 0 saturated carbocycles. The maximum Gasteiger partial charge on any atom is 0.155 e. The van der Waals surface area contributed by atoms with E-state index in [1.165, 1.54) is 0 Å². The molecule has 76 valence electrons. The molecule has 2 rings (SSSR count). The first-order valence-electron chi connectivity index (χ1n) is 5.26. The van der Waals surface area contributed by atoms with Crippen molar-refractivity contribution in [3.63, 3.8) is 0 Å². The second-order valence-electron chi connectivity index (χ2n) is 3.78. The van der Waals surface area contributed by atoms with Gasteiger partial charge in [0.25, 0.3) is 0 Å². The Hall–Kier alpha value is -1.63. The Balaban J connectivity index is 2.44. The largest absolute Gasteiger partial charge is 0.295 e. The monoisotopic (exact) mass is 198 g/mol. The highest BCUT2D eigenvalue weighted by molar-refractivity contribution is 5.99. The summed E-state index contributed by atoms with van der Waals surface area (Å²) in [5, 5.41) is 0. The number of hydrogen-bond donors (Lipinski definition) is 0. The first-order valence-corrected chi connectivity index (χ1v) is 5.26. The normalized spacial score (nSPS) is 16.0. The van der Waals surface area contributed by atoms with Crippen molar-refractivity contribution < 1.29 is 4.79 Å². The van der Waals surface area contributed by atoms with Crippen molar-refractivity contribution >= 4 is 17.4 Å². The third kappa shape index (κ3) is 2.07. The highest BCUT2D eigenvalue weighted by Crippen LogP contribution is 2.28. The van der Waals surface area contributed by atoms with E-state index in [0.717, 1.165) is 29.5 Å². The average Bonchev–Trinajstić information content (AvgIpc) is 2.29. The lowest BCUT2D eigenvalue weighted by atomic mass is 9.90. The van der Waals surface area contributed by atoms with E-state index in [2.05, 4.69) is 12.6 Å². The fourth-order valence-corrected chi connectivity index (χ4v) is 1.97. The van der Waals surface area contributed by atoms with Gasteiger partial charge < -0.3 is 0 Å². The van der Waals surface area contributed by atoms with E-state index >= 15 is 0 Å². The molecule has 1 aliphatic rings. The summed E-state index contributed by atoms with van der Waals surface area (Å²) in [6, 6.07) is 8.08. The van der Waals surface area contributed by atoms with Gasteiger partial charge in [-0.05, 0) is 35.6 Å². The molecule has 1 aliphatic carbocycles. The molecule has 0 unspecified atom stereocenters. The molecule has 1 aromatic carbocycles. The number of rotatable bonds is 2. The van der Waals surface area contributed by atoms with Crippen LogP contribution in [-0.2, 0) is 4.79 Å². The SMILES string of the molecule is C=Cc1ccccc1C1=CC(=O)CCC1. The Kier molecular flexibility index (Phi) is 2.82. The van der Waals surface area contributed by atoms with Crippen molar-refractivity contribution in [1.82, 2.24) is 0 Å². The second-order valence-corrected chi connectivity index (χ2v) is 3.78. The quantitative estimate of drug-likeness (QED) is 0.711. The summed E-state index contributed by atoms with van der Waals surface area (Å²) in [7, 11) is 0. The molecule has 15 heavy (non-hydrogen) atoms. The summed E-state index contributed by atoms with van der Waals surface area (Å²) >= 11 is 0. The molecular weight excluding hydrogens is 184 g/mol. The first-order chi connectivity index (χ1) is 7.31. The molecule has 0 spiro atoms. The van der Waals surface area contributed by atoms with E-state index < -0.39 is 0 Å². The van der Waals surface area contributed by atoms with Crippen LogP contribution in [0.1, 0.15) is 30.4 Å². The zero-order valence-electron chi connectivity index (χ0n) is 8.70. The van der Waals surface area contributed by atoms with Crippen LogP contribution in [0, 0.1) is 0 Å². The van der Waals surface area contributed by atoms with Gasteiger partial charge in [0.1, 0.15) is 0 Å². The third-order valence-electron chi connectivity index (χ3n) is 2.73. The van der Waals surface area contributed by atoms with E-state index in [1.54, 1.807) is 6.08 Å². The van der Waals surface area contributed by atoms with Crippen LogP contribution in [0.25, 0.3) is 11.6 Å². The number of hydrogen-bond acceptors (Lipinski definition) is 1.